The van der Waals surface area contributed by atoms with E-state index < -0.39 is 21.0 Å². The molecule has 3 heterocycles. The van der Waals surface area contributed by atoms with Crippen LogP contribution < -0.4 is 15.3 Å². The minimum atomic E-state index is -4.07. The van der Waals surface area contributed by atoms with Crippen LogP contribution in [-0.4, -0.2) is 48.4 Å². The maximum absolute atomic E-state index is 12.8. The van der Waals surface area contributed by atoms with Gasteiger partial charge in [0.05, 0.1) is 28.8 Å². The minimum absolute atomic E-state index is 0.132. The minimum Gasteiger partial charge on any atom is -0.497 e. The van der Waals surface area contributed by atoms with Gasteiger partial charge in [-0.25, -0.2) is 14.8 Å². The van der Waals surface area contributed by atoms with E-state index >= 15 is 0 Å². The maximum Gasteiger partial charge on any atom is 0.347 e. The SMILES string of the molecule is CCc1cc(OC)cc2nc(-c3cccnc3N3CCC(S(=O)(=O)O)CC3)oc(=O)c12. The van der Waals surface area contributed by atoms with Crippen molar-refractivity contribution in [2.45, 2.75) is 31.4 Å². The summed E-state index contributed by atoms with van der Waals surface area (Å²) in [7, 11) is -2.51. The molecule has 0 radical (unpaired) electrons. The van der Waals surface area contributed by atoms with Gasteiger partial charge in [0.15, 0.2) is 0 Å². The second kappa shape index (κ2) is 8.27. The molecule has 0 bridgehead atoms. The van der Waals surface area contributed by atoms with Crippen molar-refractivity contribution < 1.29 is 22.1 Å². The van der Waals surface area contributed by atoms with Gasteiger partial charge >= 0.3 is 5.63 Å². The van der Waals surface area contributed by atoms with Gasteiger partial charge in [-0.15, -0.1) is 0 Å². The molecule has 9 nitrogen and oxygen atoms in total. The predicted molar refractivity (Wildman–Crippen MR) is 116 cm³/mol. The molecule has 1 aliphatic rings. The van der Waals surface area contributed by atoms with Crippen LogP contribution in [0.2, 0.25) is 0 Å². The standard InChI is InChI=1S/C21H23N3O6S/c1-3-13-11-14(29-2)12-17-18(13)21(25)30-20(23-17)16-5-4-8-22-19(16)24-9-6-15(7-10-24)31(26,27)28/h4-5,8,11-12,15H,3,6-7,9-10H2,1-2H3,(H,26,27,28). The van der Waals surface area contributed by atoms with Crippen LogP contribution in [-0.2, 0) is 16.5 Å². The fourth-order valence-corrected chi connectivity index (χ4v) is 4.75. The first kappa shape index (κ1) is 21.3. The van der Waals surface area contributed by atoms with Crippen LogP contribution in [0.4, 0.5) is 5.82 Å². The fraction of sp³-hybridized carbons (Fsp3) is 0.381. The Hall–Kier alpha value is -2.98. The Bertz CT molecular complexity index is 1280. The summed E-state index contributed by atoms with van der Waals surface area (Å²) in [6.45, 7) is 2.72. The average Bonchev–Trinajstić information content (AvgIpc) is 2.77. The second-order valence-electron chi connectivity index (χ2n) is 7.42. The third-order valence-electron chi connectivity index (χ3n) is 5.58. The molecular formula is C21H23N3O6S. The van der Waals surface area contributed by atoms with Gasteiger partial charge < -0.3 is 14.1 Å². The van der Waals surface area contributed by atoms with Crippen molar-refractivity contribution in [1.29, 1.82) is 0 Å². The van der Waals surface area contributed by atoms with Gasteiger partial charge in [-0.3, -0.25) is 4.55 Å². The lowest BCUT2D eigenvalue weighted by Crippen LogP contribution is -2.39. The molecule has 1 fully saturated rings. The average molecular weight is 445 g/mol. The van der Waals surface area contributed by atoms with Crippen LogP contribution in [0, 0.1) is 0 Å². The first-order chi connectivity index (χ1) is 14.8. The van der Waals surface area contributed by atoms with E-state index in [9.17, 15) is 17.8 Å². The zero-order chi connectivity index (χ0) is 22.2. The van der Waals surface area contributed by atoms with E-state index in [0.717, 1.165) is 5.56 Å². The summed E-state index contributed by atoms with van der Waals surface area (Å²) in [6, 6.07) is 6.98. The number of aryl methyl sites for hydroxylation is 1. The fourth-order valence-electron chi connectivity index (χ4n) is 3.95. The van der Waals surface area contributed by atoms with Crippen molar-refractivity contribution in [1.82, 2.24) is 9.97 Å². The van der Waals surface area contributed by atoms with E-state index in [-0.39, 0.29) is 18.7 Å². The molecule has 0 atom stereocenters. The first-order valence-electron chi connectivity index (χ1n) is 10.00. The molecule has 0 amide bonds. The van der Waals surface area contributed by atoms with E-state index in [1.807, 2.05) is 11.8 Å². The van der Waals surface area contributed by atoms with Crippen molar-refractivity contribution in [2.75, 3.05) is 25.1 Å². The Morgan fingerprint density at radius 1 is 1.29 bits per heavy atom. The molecule has 0 spiro atoms. The lowest BCUT2D eigenvalue weighted by molar-refractivity contribution is 0.414. The number of hydrogen-bond donors (Lipinski definition) is 1. The molecule has 3 aromatic rings. The number of rotatable bonds is 5. The van der Waals surface area contributed by atoms with Crippen LogP contribution >= 0.6 is 0 Å². The summed E-state index contributed by atoms with van der Waals surface area (Å²) in [6.07, 6.45) is 2.80. The molecule has 31 heavy (non-hydrogen) atoms. The highest BCUT2D eigenvalue weighted by Gasteiger charge is 2.30. The second-order valence-corrected chi connectivity index (χ2v) is 9.11. The van der Waals surface area contributed by atoms with Crippen molar-refractivity contribution in [3.8, 4) is 17.2 Å². The highest BCUT2D eigenvalue weighted by molar-refractivity contribution is 7.86. The normalized spacial score (nSPS) is 15.4. The number of piperidine rings is 1. The van der Waals surface area contributed by atoms with Crippen molar-refractivity contribution in [2.24, 2.45) is 0 Å². The van der Waals surface area contributed by atoms with Crippen LogP contribution in [0.3, 0.4) is 0 Å². The Labute approximate surface area is 179 Å². The summed E-state index contributed by atoms with van der Waals surface area (Å²) in [5, 5.41) is -0.362. The molecular weight excluding hydrogens is 422 g/mol. The van der Waals surface area contributed by atoms with Gasteiger partial charge in [-0.05, 0) is 43.0 Å². The molecule has 0 unspecified atom stereocenters. The van der Waals surface area contributed by atoms with E-state index in [1.54, 1.807) is 37.6 Å². The van der Waals surface area contributed by atoms with Crippen LogP contribution in [0.1, 0.15) is 25.3 Å². The Morgan fingerprint density at radius 2 is 2.03 bits per heavy atom. The Morgan fingerprint density at radius 3 is 2.68 bits per heavy atom. The molecule has 4 rings (SSSR count). The maximum atomic E-state index is 12.8. The molecule has 0 saturated carbocycles. The Kier molecular flexibility index (Phi) is 5.67. The van der Waals surface area contributed by atoms with Crippen LogP contribution in [0.25, 0.3) is 22.4 Å². The number of anilines is 1. The predicted octanol–water partition coefficient (Wildman–Crippen LogP) is 2.68. The lowest BCUT2D eigenvalue weighted by Gasteiger charge is -2.32. The van der Waals surface area contributed by atoms with Crippen molar-refractivity contribution >= 4 is 26.8 Å². The number of benzene rings is 1. The number of methoxy groups -OCH3 is 1. The van der Waals surface area contributed by atoms with Gasteiger partial charge in [0.1, 0.15) is 11.6 Å². The number of fused-ring (bicyclic) bond motifs is 1. The third kappa shape index (κ3) is 4.13. The molecule has 1 N–H and O–H groups in total. The molecule has 164 valence electrons. The molecule has 10 heteroatoms. The molecule has 1 aliphatic heterocycles. The van der Waals surface area contributed by atoms with Gasteiger partial charge in [0, 0.05) is 25.4 Å². The molecule has 2 aromatic heterocycles. The molecule has 1 aromatic carbocycles. The number of aromatic nitrogens is 2. The topological polar surface area (TPSA) is 123 Å². The summed E-state index contributed by atoms with van der Waals surface area (Å²) < 4.78 is 43.1. The van der Waals surface area contributed by atoms with Gasteiger partial charge in [0.25, 0.3) is 10.1 Å². The summed E-state index contributed by atoms with van der Waals surface area (Å²) >= 11 is 0. The summed E-state index contributed by atoms with van der Waals surface area (Å²) in [4.78, 5) is 23.7. The van der Waals surface area contributed by atoms with Gasteiger partial charge in [-0.2, -0.15) is 8.42 Å². The van der Waals surface area contributed by atoms with Crippen molar-refractivity contribution in [3.63, 3.8) is 0 Å². The number of nitrogens with zero attached hydrogens (tertiary/aromatic N) is 3. The van der Waals surface area contributed by atoms with E-state index in [4.69, 9.17) is 9.15 Å². The largest absolute Gasteiger partial charge is 0.497 e. The van der Waals surface area contributed by atoms with E-state index in [2.05, 4.69) is 9.97 Å². The molecule has 0 aliphatic carbocycles. The van der Waals surface area contributed by atoms with Crippen molar-refractivity contribution in [3.05, 3.63) is 46.4 Å². The smallest absolute Gasteiger partial charge is 0.347 e. The first-order valence-corrected chi connectivity index (χ1v) is 11.5. The van der Waals surface area contributed by atoms with Gasteiger partial charge in [-0.1, -0.05) is 6.92 Å². The summed E-state index contributed by atoms with van der Waals surface area (Å²) in [5.74, 6) is 1.28. The lowest BCUT2D eigenvalue weighted by atomic mass is 10.1. The van der Waals surface area contributed by atoms with E-state index in [1.165, 1.54) is 0 Å². The number of hydrogen-bond acceptors (Lipinski definition) is 8. The number of pyridine rings is 1. The van der Waals surface area contributed by atoms with Crippen LogP contribution in [0.5, 0.6) is 5.75 Å². The van der Waals surface area contributed by atoms with Crippen LogP contribution in [0.15, 0.2) is 39.7 Å². The number of ether oxygens (including phenoxy) is 1. The monoisotopic (exact) mass is 445 g/mol. The highest BCUT2D eigenvalue weighted by Crippen LogP contribution is 2.31. The summed E-state index contributed by atoms with van der Waals surface area (Å²) in [5.41, 5.74) is 1.32. The highest BCUT2D eigenvalue weighted by atomic mass is 32.2. The zero-order valence-corrected chi connectivity index (χ0v) is 18.1. The quantitative estimate of drug-likeness (QED) is 0.590. The van der Waals surface area contributed by atoms with E-state index in [0.29, 0.717) is 47.5 Å². The Balaban J connectivity index is 1.77. The zero-order valence-electron chi connectivity index (χ0n) is 17.2. The molecule has 1 saturated heterocycles. The van der Waals surface area contributed by atoms with Gasteiger partial charge in [0.2, 0.25) is 5.89 Å². The third-order valence-corrected chi connectivity index (χ3v) is 6.90.